The molecule has 2 rings (SSSR count). The Morgan fingerprint density at radius 3 is 2.28 bits per heavy atom. The van der Waals surface area contributed by atoms with Gasteiger partial charge in [0, 0.05) is 6.04 Å². The van der Waals surface area contributed by atoms with Crippen LogP contribution in [0.3, 0.4) is 0 Å². The topological polar surface area (TPSA) is 26.0 Å². The van der Waals surface area contributed by atoms with Crippen molar-refractivity contribution in [2.24, 2.45) is 17.6 Å². The minimum atomic E-state index is 0.336. The third-order valence-electron chi connectivity index (χ3n) is 4.76. The van der Waals surface area contributed by atoms with E-state index in [1.165, 1.54) is 41.5 Å². The van der Waals surface area contributed by atoms with Gasteiger partial charge in [-0.05, 0) is 62.1 Å². The summed E-state index contributed by atoms with van der Waals surface area (Å²) in [5, 5.41) is 0. The van der Waals surface area contributed by atoms with E-state index in [9.17, 15) is 0 Å². The zero-order valence-electron chi connectivity index (χ0n) is 12.3. The number of benzene rings is 1. The largest absolute Gasteiger partial charge is 0.327 e. The Kier molecular flexibility index (Phi) is 4.11. The second kappa shape index (κ2) is 5.44. The van der Waals surface area contributed by atoms with E-state index in [1.807, 2.05) is 0 Å². The molecule has 1 heteroatoms. The molecule has 3 atom stereocenters. The lowest BCUT2D eigenvalue weighted by atomic mass is 9.85. The van der Waals surface area contributed by atoms with Crippen molar-refractivity contribution < 1.29 is 0 Å². The molecule has 0 bridgehead atoms. The van der Waals surface area contributed by atoms with E-state index >= 15 is 0 Å². The SMILES string of the molecule is Cc1cc(C)c(CC(N)C2CCCC2C)c(C)c1. The van der Waals surface area contributed by atoms with Crippen LogP contribution in [0, 0.1) is 32.6 Å². The first-order valence-electron chi connectivity index (χ1n) is 7.31. The van der Waals surface area contributed by atoms with Crippen molar-refractivity contribution in [2.75, 3.05) is 0 Å². The van der Waals surface area contributed by atoms with Gasteiger partial charge in [0.05, 0.1) is 0 Å². The molecular weight excluding hydrogens is 218 g/mol. The van der Waals surface area contributed by atoms with E-state index in [4.69, 9.17) is 5.73 Å². The maximum Gasteiger partial charge on any atom is 0.0110 e. The summed E-state index contributed by atoms with van der Waals surface area (Å²) in [7, 11) is 0. The molecular formula is C17H27N. The summed E-state index contributed by atoms with van der Waals surface area (Å²) in [6, 6.07) is 4.91. The second-order valence-electron chi connectivity index (χ2n) is 6.32. The van der Waals surface area contributed by atoms with Gasteiger partial charge in [0.1, 0.15) is 0 Å². The van der Waals surface area contributed by atoms with Crippen LogP contribution in [0.15, 0.2) is 12.1 Å². The number of hydrogen-bond donors (Lipinski definition) is 1. The average molecular weight is 245 g/mol. The highest BCUT2D eigenvalue weighted by Crippen LogP contribution is 2.34. The molecule has 0 aromatic heterocycles. The molecule has 1 nitrogen and oxygen atoms in total. The van der Waals surface area contributed by atoms with Crippen LogP contribution < -0.4 is 5.73 Å². The van der Waals surface area contributed by atoms with E-state index in [-0.39, 0.29) is 0 Å². The monoisotopic (exact) mass is 245 g/mol. The lowest BCUT2D eigenvalue weighted by Crippen LogP contribution is -2.34. The second-order valence-corrected chi connectivity index (χ2v) is 6.32. The fourth-order valence-electron chi connectivity index (χ4n) is 3.73. The Labute approximate surface area is 112 Å². The van der Waals surface area contributed by atoms with Crippen LogP contribution in [-0.2, 0) is 6.42 Å². The summed E-state index contributed by atoms with van der Waals surface area (Å²) in [5.41, 5.74) is 12.1. The van der Waals surface area contributed by atoms with Crippen LogP contribution in [0.4, 0.5) is 0 Å². The minimum Gasteiger partial charge on any atom is -0.327 e. The maximum absolute atomic E-state index is 6.48. The predicted octanol–water partition coefficient (Wildman–Crippen LogP) is 3.92. The van der Waals surface area contributed by atoms with Gasteiger partial charge < -0.3 is 5.73 Å². The van der Waals surface area contributed by atoms with Crippen LogP contribution >= 0.6 is 0 Å². The van der Waals surface area contributed by atoms with Crippen molar-refractivity contribution in [3.63, 3.8) is 0 Å². The van der Waals surface area contributed by atoms with Crippen molar-refractivity contribution in [1.82, 2.24) is 0 Å². The Hall–Kier alpha value is -0.820. The van der Waals surface area contributed by atoms with Crippen LogP contribution in [0.5, 0.6) is 0 Å². The van der Waals surface area contributed by atoms with E-state index in [1.54, 1.807) is 0 Å². The summed E-state index contributed by atoms with van der Waals surface area (Å²) >= 11 is 0. The molecule has 0 heterocycles. The smallest absolute Gasteiger partial charge is 0.0110 e. The minimum absolute atomic E-state index is 0.336. The van der Waals surface area contributed by atoms with Crippen LogP contribution in [-0.4, -0.2) is 6.04 Å². The first-order valence-corrected chi connectivity index (χ1v) is 7.31. The van der Waals surface area contributed by atoms with E-state index in [2.05, 4.69) is 39.8 Å². The molecule has 1 aliphatic rings. The Morgan fingerprint density at radius 2 is 1.78 bits per heavy atom. The van der Waals surface area contributed by atoms with Crippen LogP contribution in [0.25, 0.3) is 0 Å². The highest BCUT2D eigenvalue weighted by Gasteiger charge is 2.29. The molecule has 1 fully saturated rings. The zero-order chi connectivity index (χ0) is 13.3. The molecule has 0 saturated heterocycles. The molecule has 0 spiro atoms. The zero-order valence-corrected chi connectivity index (χ0v) is 12.3. The van der Waals surface area contributed by atoms with E-state index in [0.29, 0.717) is 6.04 Å². The molecule has 0 aliphatic heterocycles. The maximum atomic E-state index is 6.48. The fraction of sp³-hybridized carbons (Fsp3) is 0.647. The van der Waals surface area contributed by atoms with Crippen LogP contribution in [0.2, 0.25) is 0 Å². The number of hydrogen-bond acceptors (Lipinski definition) is 1. The van der Waals surface area contributed by atoms with Gasteiger partial charge in [-0.1, -0.05) is 37.5 Å². The summed E-state index contributed by atoms with van der Waals surface area (Å²) < 4.78 is 0. The molecule has 0 radical (unpaired) electrons. The van der Waals surface area contributed by atoms with Crippen molar-refractivity contribution in [3.05, 3.63) is 34.4 Å². The Bertz CT molecular complexity index is 399. The normalized spacial score (nSPS) is 25.4. The van der Waals surface area contributed by atoms with Gasteiger partial charge in [-0.3, -0.25) is 0 Å². The van der Waals surface area contributed by atoms with Crippen molar-refractivity contribution in [2.45, 2.75) is 59.4 Å². The van der Waals surface area contributed by atoms with E-state index in [0.717, 1.165) is 18.3 Å². The summed E-state index contributed by atoms with van der Waals surface area (Å²) in [4.78, 5) is 0. The third kappa shape index (κ3) is 2.77. The third-order valence-corrected chi connectivity index (χ3v) is 4.76. The van der Waals surface area contributed by atoms with Gasteiger partial charge in [-0.2, -0.15) is 0 Å². The van der Waals surface area contributed by atoms with Gasteiger partial charge in [0.15, 0.2) is 0 Å². The summed E-state index contributed by atoms with van der Waals surface area (Å²) in [6.07, 6.45) is 5.11. The molecule has 18 heavy (non-hydrogen) atoms. The Morgan fingerprint density at radius 1 is 1.17 bits per heavy atom. The van der Waals surface area contributed by atoms with Gasteiger partial charge in [0.2, 0.25) is 0 Å². The number of nitrogens with two attached hydrogens (primary N) is 1. The van der Waals surface area contributed by atoms with Crippen molar-refractivity contribution >= 4 is 0 Å². The van der Waals surface area contributed by atoms with Gasteiger partial charge in [-0.15, -0.1) is 0 Å². The van der Waals surface area contributed by atoms with Gasteiger partial charge >= 0.3 is 0 Å². The van der Waals surface area contributed by atoms with Crippen LogP contribution in [0.1, 0.15) is 48.4 Å². The predicted molar refractivity (Wildman–Crippen MR) is 78.8 cm³/mol. The highest BCUT2D eigenvalue weighted by atomic mass is 14.7. The first-order chi connectivity index (χ1) is 8.49. The molecule has 100 valence electrons. The summed E-state index contributed by atoms with van der Waals surface area (Å²) in [6.45, 7) is 8.98. The van der Waals surface area contributed by atoms with Crippen molar-refractivity contribution in [3.8, 4) is 0 Å². The lowest BCUT2D eigenvalue weighted by molar-refractivity contribution is 0.342. The first kappa shape index (κ1) is 13.6. The molecule has 3 unspecified atom stereocenters. The summed E-state index contributed by atoms with van der Waals surface area (Å²) in [5.74, 6) is 1.54. The van der Waals surface area contributed by atoms with Crippen molar-refractivity contribution in [1.29, 1.82) is 0 Å². The fourth-order valence-corrected chi connectivity index (χ4v) is 3.73. The molecule has 1 aromatic carbocycles. The van der Waals surface area contributed by atoms with E-state index < -0.39 is 0 Å². The lowest BCUT2D eigenvalue weighted by Gasteiger charge is -2.25. The number of rotatable bonds is 3. The quantitative estimate of drug-likeness (QED) is 0.858. The van der Waals surface area contributed by atoms with Gasteiger partial charge in [-0.25, -0.2) is 0 Å². The molecule has 2 N–H and O–H groups in total. The highest BCUT2D eigenvalue weighted by molar-refractivity contribution is 5.38. The molecule has 1 aromatic rings. The molecule has 1 saturated carbocycles. The number of aryl methyl sites for hydroxylation is 3. The molecule has 1 aliphatic carbocycles. The standard InChI is InChI=1S/C17H27N/c1-11-8-13(3)16(14(4)9-11)10-17(18)15-7-5-6-12(15)2/h8-9,12,15,17H,5-7,10,18H2,1-4H3. The Balaban J connectivity index is 2.14. The van der Waals surface area contributed by atoms with Gasteiger partial charge in [0.25, 0.3) is 0 Å². The average Bonchev–Trinajstić information content (AvgIpc) is 2.69. The molecule has 0 amide bonds.